The van der Waals surface area contributed by atoms with Gasteiger partial charge in [-0.05, 0) is 32.0 Å². The molecule has 0 saturated carbocycles. The summed E-state index contributed by atoms with van der Waals surface area (Å²) in [6.45, 7) is 2.89. The van der Waals surface area contributed by atoms with E-state index in [-0.39, 0.29) is 0 Å². The van der Waals surface area contributed by atoms with Crippen LogP contribution in [0.2, 0.25) is 0 Å². The minimum Gasteiger partial charge on any atom is -0.325 e. The van der Waals surface area contributed by atoms with E-state index in [9.17, 15) is 17.6 Å². The first-order valence-corrected chi connectivity index (χ1v) is 4.74. The molecule has 2 N–H and O–H groups in total. The fourth-order valence-corrected chi connectivity index (χ4v) is 1.40. The largest absolute Gasteiger partial charge is 0.325 e. The SMILES string of the molecule is CC(C)(N)CC(F)(F)c1ccc(F)c(F)c1. The van der Waals surface area contributed by atoms with Gasteiger partial charge in [0.15, 0.2) is 11.6 Å². The standard InChI is InChI=1S/C11H13F4N/c1-10(2,16)6-11(14,15)7-3-4-8(12)9(13)5-7/h3-5H,6,16H2,1-2H3. The van der Waals surface area contributed by atoms with Crippen LogP contribution in [0.15, 0.2) is 18.2 Å². The van der Waals surface area contributed by atoms with Crippen molar-refractivity contribution in [2.45, 2.75) is 31.7 Å². The number of nitrogens with two attached hydrogens (primary N) is 1. The van der Waals surface area contributed by atoms with Gasteiger partial charge in [0.25, 0.3) is 5.92 Å². The Kier molecular flexibility index (Phi) is 3.28. The van der Waals surface area contributed by atoms with Gasteiger partial charge in [-0.1, -0.05) is 0 Å². The zero-order chi connectivity index (χ0) is 12.6. The molecular formula is C11H13F4N. The Balaban J connectivity index is 3.02. The Bertz CT molecular complexity index is 382. The Morgan fingerprint density at radius 2 is 1.69 bits per heavy atom. The Morgan fingerprint density at radius 3 is 2.12 bits per heavy atom. The first-order chi connectivity index (χ1) is 7.12. The molecule has 0 spiro atoms. The number of hydrogen-bond donors (Lipinski definition) is 1. The molecule has 0 amide bonds. The maximum absolute atomic E-state index is 13.6. The summed E-state index contributed by atoms with van der Waals surface area (Å²) in [5, 5.41) is 0. The summed E-state index contributed by atoms with van der Waals surface area (Å²) < 4.78 is 52.6. The topological polar surface area (TPSA) is 26.0 Å². The molecule has 0 aromatic heterocycles. The van der Waals surface area contributed by atoms with Gasteiger partial charge in [-0.15, -0.1) is 0 Å². The summed E-state index contributed by atoms with van der Waals surface area (Å²) in [4.78, 5) is 0. The van der Waals surface area contributed by atoms with Crippen molar-refractivity contribution in [3.05, 3.63) is 35.4 Å². The van der Waals surface area contributed by atoms with E-state index in [2.05, 4.69) is 0 Å². The lowest BCUT2D eigenvalue weighted by atomic mass is 9.93. The maximum Gasteiger partial charge on any atom is 0.275 e. The summed E-state index contributed by atoms with van der Waals surface area (Å²) in [5.41, 5.74) is 3.83. The zero-order valence-electron chi connectivity index (χ0n) is 9.03. The molecule has 0 heterocycles. The van der Waals surface area contributed by atoms with Gasteiger partial charge >= 0.3 is 0 Å². The van der Waals surface area contributed by atoms with E-state index in [1.165, 1.54) is 13.8 Å². The molecule has 0 aliphatic carbocycles. The molecule has 1 aromatic rings. The van der Waals surface area contributed by atoms with Gasteiger partial charge in [0, 0.05) is 17.5 Å². The third-order valence-electron chi connectivity index (χ3n) is 2.02. The van der Waals surface area contributed by atoms with Gasteiger partial charge in [-0.3, -0.25) is 0 Å². The van der Waals surface area contributed by atoms with Crippen LogP contribution in [-0.2, 0) is 5.92 Å². The number of rotatable bonds is 3. The summed E-state index contributed by atoms with van der Waals surface area (Å²) in [6.07, 6.45) is -0.634. The number of benzene rings is 1. The van der Waals surface area contributed by atoms with Crippen LogP contribution in [-0.4, -0.2) is 5.54 Å². The van der Waals surface area contributed by atoms with Crippen LogP contribution >= 0.6 is 0 Å². The molecule has 0 radical (unpaired) electrons. The molecule has 1 aromatic carbocycles. The quantitative estimate of drug-likeness (QED) is 0.800. The van der Waals surface area contributed by atoms with Crippen molar-refractivity contribution >= 4 is 0 Å². The van der Waals surface area contributed by atoms with E-state index in [0.29, 0.717) is 12.1 Å². The monoisotopic (exact) mass is 235 g/mol. The van der Waals surface area contributed by atoms with Gasteiger partial charge in [-0.25, -0.2) is 17.6 Å². The van der Waals surface area contributed by atoms with E-state index < -0.39 is 35.1 Å². The Hall–Kier alpha value is -1.10. The first kappa shape index (κ1) is 13.0. The molecule has 0 aliphatic rings. The molecule has 90 valence electrons. The highest BCUT2D eigenvalue weighted by Gasteiger charge is 2.37. The second-order valence-corrected chi connectivity index (χ2v) is 4.50. The van der Waals surface area contributed by atoms with Crippen LogP contribution in [0.3, 0.4) is 0 Å². The third-order valence-corrected chi connectivity index (χ3v) is 2.02. The molecule has 0 saturated heterocycles. The highest BCUT2D eigenvalue weighted by molar-refractivity contribution is 5.22. The molecular weight excluding hydrogens is 222 g/mol. The molecule has 0 aliphatic heterocycles. The van der Waals surface area contributed by atoms with Crippen LogP contribution < -0.4 is 5.73 Å². The van der Waals surface area contributed by atoms with Crippen molar-refractivity contribution < 1.29 is 17.6 Å². The predicted molar refractivity (Wildman–Crippen MR) is 53.1 cm³/mol. The van der Waals surface area contributed by atoms with E-state index in [1.807, 2.05) is 0 Å². The fourth-order valence-electron chi connectivity index (χ4n) is 1.40. The average Bonchev–Trinajstić information content (AvgIpc) is 2.05. The first-order valence-electron chi connectivity index (χ1n) is 4.74. The van der Waals surface area contributed by atoms with Crippen molar-refractivity contribution in [3.8, 4) is 0 Å². The van der Waals surface area contributed by atoms with Gasteiger partial charge < -0.3 is 5.73 Å². The molecule has 0 atom stereocenters. The number of hydrogen-bond acceptors (Lipinski definition) is 1. The fraction of sp³-hybridized carbons (Fsp3) is 0.455. The van der Waals surface area contributed by atoms with Gasteiger partial charge in [0.2, 0.25) is 0 Å². The minimum absolute atomic E-state index is 0.501. The lowest BCUT2D eigenvalue weighted by Crippen LogP contribution is -2.38. The lowest BCUT2D eigenvalue weighted by molar-refractivity contribution is -0.0299. The molecule has 0 unspecified atom stereocenters. The molecule has 1 rings (SSSR count). The van der Waals surface area contributed by atoms with Crippen LogP contribution in [0.4, 0.5) is 17.6 Å². The predicted octanol–water partition coefficient (Wildman–Crippen LogP) is 3.18. The van der Waals surface area contributed by atoms with Crippen LogP contribution in [0, 0.1) is 11.6 Å². The van der Waals surface area contributed by atoms with Crippen molar-refractivity contribution in [2.75, 3.05) is 0 Å². The maximum atomic E-state index is 13.6. The average molecular weight is 235 g/mol. The molecule has 0 bridgehead atoms. The molecule has 5 heteroatoms. The second kappa shape index (κ2) is 4.05. The van der Waals surface area contributed by atoms with E-state index in [4.69, 9.17) is 5.73 Å². The lowest BCUT2D eigenvalue weighted by Gasteiger charge is -2.26. The van der Waals surface area contributed by atoms with Crippen LogP contribution in [0.5, 0.6) is 0 Å². The van der Waals surface area contributed by atoms with Crippen LogP contribution in [0.25, 0.3) is 0 Å². The highest BCUT2D eigenvalue weighted by atomic mass is 19.3. The van der Waals surface area contributed by atoms with Crippen molar-refractivity contribution in [3.63, 3.8) is 0 Å². The van der Waals surface area contributed by atoms with Crippen molar-refractivity contribution in [1.29, 1.82) is 0 Å². The van der Waals surface area contributed by atoms with E-state index in [0.717, 1.165) is 6.07 Å². The minimum atomic E-state index is -3.27. The van der Waals surface area contributed by atoms with E-state index >= 15 is 0 Å². The molecule has 1 nitrogen and oxygen atoms in total. The third kappa shape index (κ3) is 3.20. The molecule has 0 fully saturated rings. The Morgan fingerprint density at radius 1 is 1.12 bits per heavy atom. The van der Waals surface area contributed by atoms with Gasteiger partial charge in [-0.2, -0.15) is 0 Å². The van der Waals surface area contributed by atoms with E-state index in [1.54, 1.807) is 0 Å². The van der Waals surface area contributed by atoms with Crippen LogP contribution in [0.1, 0.15) is 25.8 Å². The summed E-state index contributed by atoms with van der Waals surface area (Å²) in [5.74, 6) is -5.70. The summed E-state index contributed by atoms with van der Waals surface area (Å²) in [6, 6.07) is 2.05. The smallest absolute Gasteiger partial charge is 0.275 e. The number of halogens is 4. The summed E-state index contributed by atoms with van der Waals surface area (Å²) >= 11 is 0. The number of alkyl halides is 2. The normalized spacial score (nSPS) is 12.9. The highest BCUT2D eigenvalue weighted by Crippen LogP contribution is 2.35. The van der Waals surface area contributed by atoms with Gasteiger partial charge in [0.05, 0.1) is 0 Å². The van der Waals surface area contributed by atoms with Crippen molar-refractivity contribution in [1.82, 2.24) is 0 Å². The second-order valence-electron chi connectivity index (χ2n) is 4.50. The van der Waals surface area contributed by atoms with Crippen molar-refractivity contribution in [2.24, 2.45) is 5.73 Å². The molecule has 16 heavy (non-hydrogen) atoms. The zero-order valence-corrected chi connectivity index (χ0v) is 9.03. The van der Waals surface area contributed by atoms with Gasteiger partial charge in [0.1, 0.15) is 0 Å². The Labute approximate surface area is 91.3 Å². The summed E-state index contributed by atoms with van der Waals surface area (Å²) in [7, 11) is 0.